The van der Waals surface area contributed by atoms with Gasteiger partial charge in [0.05, 0.1) is 7.11 Å². The highest BCUT2D eigenvalue weighted by Gasteiger charge is 2.56. The molecule has 0 aromatic heterocycles. The number of anilines is 1. The number of para-hydroxylation sites is 1. The molecule has 0 spiro atoms. The lowest BCUT2D eigenvalue weighted by Crippen LogP contribution is -2.60. The van der Waals surface area contributed by atoms with Gasteiger partial charge in [-0.15, -0.1) is 0 Å². The van der Waals surface area contributed by atoms with Crippen LogP contribution in [0, 0.1) is 23.2 Å². The molecule has 5 nitrogen and oxygen atoms in total. The van der Waals surface area contributed by atoms with Crippen LogP contribution in [-0.4, -0.2) is 25.2 Å². The fourth-order valence-electron chi connectivity index (χ4n) is 5.93. The van der Waals surface area contributed by atoms with Crippen molar-refractivity contribution in [2.75, 3.05) is 12.4 Å². The van der Waals surface area contributed by atoms with Gasteiger partial charge in [-0.25, -0.2) is 9.59 Å². The molecule has 0 heterocycles. The summed E-state index contributed by atoms with van der Waals surface area (Å²) in [6.07, 6.45) is 6.98. The Hall–Kier alpha value is -2.04. The molecular formula is C20H26N2O3. The minimum atomic E-state index is -0.561. The van der Waals surface area contributed by atoms with Gasteiger partial charge in [0.25, 0.3) is 0 Å². The second-order valence-electron chi connectivity index (χ2n) is 8.20. The van der Waals surface area contributed by atoms with E-state index < -0.39 is 6.04 Å². The van der Waals surface area contributed by atoms with Crippen molar-refractivity contribution in [3.05, 3.63) is 30.3 Å². The standard InChI is InChI=1S/C20H26N2O3/c1-25-18(23)17(22-19(24)21-16-5-3-2-4-6-16)20-10-13-7-14(11-20)9-15(8-13)12-20/h2-6,13-15,17H,7-12H2,1H3,(H2,21,22,24)/t13?,14?,15?,17-,20?/m1/s1. The average molecular weight is 342 g/mol. The van der Waals surface area contributed by atoms with Crippen LogP contribution in [0.4, 0.5) is 10.5 Å². The molecule has 2 amide bonds. The fraction of sp³-hybridized carbons (Fsp3) is 0.600. The minimum Gasteiger partial charge on any atom is -0.467 e. The minimum absolute atomic E-state index is 0.129. The topological polar surface area (TPSA) is 67.4 Å². The lowest BCUT2D eigenvalue weighted by atomic mass is 9.47. The number of hydrogen-bond acceptors (Lipinski definition) is 3. The van der Waals surface area contributed by atoms with Crippen molar-refractivity contribution in [2.24, 2.45) is 23.2 Å². The Balaban J connectivity index is 1.52. The zero-order valence-electron chi connectivity index (χ0n) is 14.7. The van der Waals surface area contributed by atoms with Crippen molar-refractivity contribution >= 4 is 17.7 Å². The molecule has 0 radical (unpaired) electrons. The van der Waals surface area contributed by atoms with Crippen molar-refractivity contribution in [2.45, 2.75) is 44.6 Å². The van der Waals surface area contributed by atoms with E-state index in [1.165, 1.54) is 26.4 Å². The number of amides is 2. The first-order chi connectivity index (χ1) is 12.1. The number of hydrogen-bond donors (Lipinski definition) is 2. The first-order valence-corrected chi connectivity index (χ1v) is 9.28. The van der Waals surface area contributed by atoms with E-state index in [1.54, 1.807) is 0 Å². The van der Waals surface area contributed by atoms with Crippen LogP contribution in [0.1, 0.15) is 38.5 Å². The second-order valence-corrected chi connectivity index (χ2v) is 8.20. The molecule has 0 saturated heterocycles. The first-order valence-electron chi connectivity index (χ1n) is 9.28. The summed E-state index contributed by atoms with van der Waals surface area (Å²) in [5, 5.41) is 5.77. The van der Waals surface area contributed by atoms with Crippen LogP contribution < -0.4 is 10.6 Å². The quantitative estimate of drug-likeness (QED) is 0.822. The molecule has 4 saturated carbocycles. The first kappa shape index (κ1) is 16.4. The summed E-state index contributed by atoms with van der Waals surface area (Å²) in [5.41, 5.74) is 0.588. The normalized spacial score (nSPS) is 33.6. The van der Waals surface area contributed by atoms with Crippen LogP contribution >= 0.6 is 0 Å². The third-order valence-electron chi connectivity index (χ3n) is 6.44. The van der Waals surface area contributed by atoms with Gasteiger partial charge in [0.15, 0.2) is 0 Å². The van der Waals surface area contributed by atoms with Gasteiger partial charge in [-0.05, 0) is 68.4 Å². The summed E-state index contributed by atoms with van der Waals surface area (Å²) >= 11 is 0. The highest BCUT2D eigenvalue weighted by Crippen LogP contribution is 2.61. The second kappa shape index (κ2) is 6.36. The summed E-state index contributed by atoms with van der Waals surface area (Å²) in [7, 11) is 1.41. The van der Waals surface area contributed by atoms with Gasteiger partial charge in [0.2, 0.25) is 0 Å². The Kier molecular flexibility index (Phi) is 4.18. The Morgan fingerprint density at radius 3 is 2.12 bits per heavy atom. The highest BCUT2D eigenvalue weighted by molar-refractivity contribution is 5.92. The third kappa shape index (κ3) is 3.12. The van der Waals surface area contributed by atoms with Crippen LogP contribution in [0.3, 0.4) is 0 Å². The maximum atomic E-state index is 12.6. The molecule has 134 valence electrons. The van der Waals surface area contributed by atoms with Gasteiger partial charge in [0.1, 0.15) is 6.04 Å². The Labute approximate surface area is 148 Å². The highest BCUT2D eigenvalue weighted by atomic mass is 16.5. The molecule has 4 aliphatic rings. The Morgan fingerprint density at radius 1 is 1.04 bits per heavy atom. The zero-order valence-corrected chi connectivity index (χ0v) is 14.7. The van der Waals surface area contributed by atoms with E-state index in [4.69, 9.17) is 4.74 Å². The van der Waals surface area contributed by atoms with Gasteiger partial charge < -0.3 is 15.4 Å². The van der Waals surface area contributed by atoms with Gasteiger partial charge in [-0.3, -0.25) is 0 Å². The number of nitrogens with one attached hydrogen (secondary N) is 2. The molecule has 4 fully saturated rings. The van der Waals surface area contributed by atoms with Gasteiger partial charge in [-0.2, -0.15) is 0 Å². The number of carbonyl (C=O) groups excluding carboxylic acids is 2. The van der Waals surface area contributed by atoms with Crippen molar-refractivity contribution in [1.82, 2.24) is 5.32 Å². The number of ether oxygens (including phenoxy) is 1. The predicted octanol–water partition coefficient (Wildman–Crippen LogP) is 3.57. The summed E-state index contributed by atoms with van der Waals surface area (Å²) in [6, 6.07) is 8.40. The molecule has 4 aliphatic carbocycles. The Morgan fingerprint density at radius 2 is 1.60 bits per heavy atom. The molecule has 0 unspecified atom stereocenters. The van der Waals surface area contributed by atoms with Crippen LogP contribution in [-0.2, 0) is 9.53 Å². The van der Waals surface area contributed by atoms with E-state index in [0.29, 0.717) is 23.4 Å². The molecule has 1 aromatic rings. The average Bonchev–Trinajstić information content (AvgIpc) is 2.58. The van der Waals surface area contributed by atoms with E-state index in [9.17, 15) is 9.59 Å². The summed E-state index contributed by atoms with van der Waals surface area (Å²) < 4.78 is 5.07. The van der Waals surface area contributed by atoms with Gasteiger partial charge >= 0.3 is 12.0 Å². The Bertz CT molecular complexity index is 623. The SMILES string of the molecule is COC(=O)[C@@H](NC(=O)Nc1ccccc1)C12CC3CC(CC(C3)C1)C2. The van der Waals surface area contributed by atoms with Gasteiger partial charge in [-0.1, -0.05) is 18.2 Å². The van der Waals surface area contributed by atoms with E-state index in [0.717, 1.165) is 19.3 Å². The lowest BCUT2D eigenvalue weighted by Gasteiger charge is -2.58. The van der Waals surface area contributed by atoms with Crippen molar-refractivity contribution in [3.8, 4) is 0 Å². The largest absolute Gasteiger partial charge is 0.467 e. The molecule has 4 bridgehead atoms. The third-order valence-corrected chi connectivity index (χ3v) is 6.44. The maximum Gasteiger partial charge on any atom is 0.329 e. The van der Waals surface area contributed by atoms with E-state index in [2.05, 4.69) is 10.6 Å². The monoisotopic (exact) mass is 342 g/mol. The van der Waals surface area contributed by atoms with Crippen molar-refractivity contribution < 1.29 is 14.3 Å². The van der Waals surface area contributed by atoms with Crippen LogP contribution in [0.5, 0.6) is 0 Å². The van der Waals surface area contributed by atoms with Crippen molar-refractivity contribution in [3.63, 3.8) is 0 Å². The smallest absolute Gasteiger partial charge is 0.329 e. The zero-order chi connectivity index (χ0) is 17.4. The molecule has 2 N–H and O–H groups in total. The number of carbonyl (C=O) groups is 2. The van der Waals surface area contributed by atoms with Crippen LogP contribution in [0.25, 0.3) is 0 Å². The lowest BCUT2D eigenvalue weighted by molar-refractivity contribution is -0.154. The number of rotatable bonds is 4. The number of esters is 1. The molecule has 1 aromatic carbocycles. The molecule has 5 rings (SSSR count). The van der Waals surface area contributed by atoms with Crippen LogP contribution in [0.15, 0.2) is 30.3 Å². The van der Waals surface area contributed by atoms with Gasteiger partial charge in [0, 0.05) is 11.1 Å². The van der Waals surface area contributed by atoms with Crippen LogP contribution in [0.2, 0.25) is 0 Å². The summed E-state index contributed by atoms with van der Waals surface area (Å²) in [5.74, 6) is 1.80. The predicted molar refractivity (Wildman–Crippen MR) is 95.0 cm³/mol. The number of urea groups is 1. The van der Waals surface area contributed by atoms with E-state index in [1.807, 2.05) is 30.3 Å². The maximum absolute atomic E-state index is 12.6. The van der Waals surface area contributed by atoms with E-state index in [-0.39, 0.29) is 17.4 Å². The molecule has 5 heteroatoms. The molecular weight excluding hydrogens is 316 g/mol. The van der Waals surface area contributed by atoms with E-state index >= 15 is 0 Å². The molecule has 0 aliphatic heterocycles. The summed E-state index contributed by atoms with van der Waals surface area (Å²) in [6.45, 7) is 0. The number of methoxy groups -OCH3 is 1. The number of benzene rings is 1. The fourth-order valence-corrected chi connectivity index (χ4v) is 5.93. The molecule has 25 heavy (non-hydrogen) atoms. The van der Waals surface area contributed by atoms with Crippen molar-refractivity contribution in [1.29, 1.82) is 0 Å². The molecule has 1 atom stereocenters. The summed E-state index contributed by atoms with van der Waals surface area (Å²) in [4.78, 5) is 25.1.